The average Bonchev–Trinajstić information content (AvgIpc) is 2.75. The summed E-state index contributed by atoms with van der Waals surface area (Å²) in [6.07, 6.45) is 2.45. The first-order valence-electron chi connectivity index (χ1n) is 9.55. The van der Waals surface area contributed by atoms with Crippen molar-refractivity contribution in [3.8, 4) is 11.1 Å². The second-order valence-corrected chi connectivity index (χ2v) is 6.82. The van der Waals surface area contributed by atoms with Crippen LogP contribution in [0.5, 0.6) is 0 Å². The van der Waals surface area contributed by atoms with E-state index in [-0.39, 0.29) is 5.69 Å². The van der Waals surface area contributed by atoms with E-state index in [1.54, 1.807) is 6.20 Å². The number of nitrogens with one attached hydrogen (secondary N) is 2. The van der Waals surface area contributed by atoms with E-state index in [0.717, 1.165) is 46.1 Å². The fourth-order valence-corrected chi connectivity index (χ4v) is 3.34. The van der Waals surface area contributed by atoms with Crippen molar-refractivity contribution in [2.24, 2.45) is 0 Å². The van der Waals surface area contributed by atoms with Crippen LogP contribution in [0.25, 0.3) is 22.0 Å². The Labute approximate surface area is 172 Å². The summed E-state index contributed by atoms with van der Waals surface area (Å²) in [5.74, 6) is -1.56. The lowest BCUT2D eigenvalue weighted by atomic mass is 9.97. The number of anilines is 2. The van der Waals surface area contributed by atoms with E-state index < -0.39 is 17.7 Å². The molecule has 0 spiro atoms. The third-order valence-corrected chi connectivity index (χ3v) is 4.83. The Morgan fingerprint density at radius 3 is 2.43 bits per heavy atom. The van der Waals surface area contributed by atoms with Gasteiger partial charge in [0.1, 0.15) is 11.6 Å². The first-order chi connectivity index (χ1) is 14.5. The molecule has 2 N–H and O–H groups in total. The molecule has 0 fully saturated rings. The lowest BCUT2D eigenvalue weighted by Crippen LogP contribution is -2.20. The molecule has 1 heterocycles. The molecule has 4 aromatic rings. The Kier molecular flexibility index (Phi) is 5.39. The minimum Gasteiger partial charge on any atom is -0.306 e. The Bertz CT molecular complexity index is 1230. The fraction of sp³-hybridized carbons (Fsp3) is 0.0833. The number of aryl methyl sites for hydroxylation is 1. The first-order valence-corrected chi connectivity index (χ1v) is 9.55. The highest BCUT2D eigenvalue weighted by atomic mass is 19.1. The molecule has 0 radical (unpaired) electrons. The number of carbonyl (C=O) groups is 1. The molecule has 1 aromatic heterocycles. The number of pyridine rings is 1. The second kappa shape index (κ2) is 8.29. The predicted molar refractivity (Wildman–Crippen MR) is 116 cm³/mol. The summed E-state index contributed by atoms with van der Waals surface area (Å²) in [5.41, 5.74) is 4.07. The molecule has 30 heavy (non-hydrogen) atoms. The third kappa shape index (κ3) is 3.98. The summed E-state index contributed by atoms with van der Waals surface area (Å²) in [5, 5.41) is 6.08. The van der Waals surface area contributed by atoms with Crippen molar-refractivity contribution in [3.63, 3.8) is 0 Å². The lowest BCUT2D eigenvalue weighted by molar-refractivity contribution is 0.262. The van der Waals surface area contributed by atoms with E-state index in [1.165, 1.54) is 6.07 Å². The minimum absolute atomic E-state index is 0.114. The number of benzene rings is 3. The van der Waals surface area contributed by atoms with Crippen LogP contribution < -0.4 is 10.6 Å². The topological polar surface area (TPSA) is 54.0 Å². The number of halogens is 2. The predicted octanol–water partition coefficient (Wildman–Crippen LogP) is 6.39. The van der Waals surface area contributed by atoms with E-state index in [2.05, 4.69) is 28.6 Å². The van der Waals surface area contributed by atoms with Crippen LogP contribution in [0.4, 0.5) is 25.0 Å². The monoisotopic (exact) mass is 403 g/mol. The van der Waals surface area contributed by atoms with Crippen molar-refractivity contribution in [1.82, 2.24) is 4.98 Å². The maximum Gasteiger partial charge on any atom is 0.323 e. The Hall–Kier alpha value is -3.80. The van der Waals surface area contributed by atoms with Gasteiger partial charge in [0.25, 0.3) is 0 Å². The van der Waals surface area contributed by atoms with Crippen LogP contribution in [-0.2, 0) is 6.42 Å². The molecule has 2 amide bonds. The van der Waals surface area contributed by atoms with Gasteiger partial charge >= 0.3 is 6.03 Å². The van der Waals surface area contributed by atoms with Gasteiger partial charge in [-0.15, -0.1) is 0 Å². The number of aromatic nitrogens is 1. The van der Waals surface area contributed by atoms with Crippen LogP contribution in [0, 0.1) is 11.6 Å². The van der Waals surface area contributed by atoms with Crippen LogP contribution in [0.1, 0.15) is 12.5 Å². The standard InChI is InChI=1S/C24H19F2N3O/c1-2-15-8-10-20-18(12-15)23(16-6-4-3-5-7-16)22(14-27-20)29-24(30)28-21-11-9-17(25)13-19(21)26/h3-14H,2H2,1H3,(H2,28,29,30). The van der Waals surface area contributed by atoms with Crippen LogP contribution in [-0.4, -0.2) is 11.0 Å². The Morgan fingerprint density at radius 2 is 1.70 bits per heavy atom. The highest BCUT2D eigenvalue weighted by Crippen LogP contribution is 2.35. The summed E-state index contributed by atoms with van der Waals surface area (Å²) in [4.78, 5) is 17.0. The largest absolute Gasteiger partial charge is 0.323 e. The van der Waals surface area contributed by atoms with E-state index in [9.17, 15) is 13.6 Å². The fourth-order valence-electron chi connectivity index (χ4n) is 3.34. The molecule has 0 bridgehead atoms. The van der Waals surface area contributed by atoms with E-state index >= 15 is 0 Å². The number of urea groups is 1. The Morgan fingerprint density at radius 1 is 0.933 bits per heavy atom. The molecule has 0 aliphatic rings. The summed E-state index contributed by atoms with van der Waals surface area (Å²) in [6.45, 7) is 2.07. The SMILES string of the molecule is CCc1ccc2ncc(NC(=O)Nc3ccc(F)cc3F)c(-c3ccccc3)c2c1. The van der Waals surface area contributed by atoms with Crippen LogP contribution in [0.15, 0.2) is 72.9 Å². The van der Waals surface area contributed by atoms with Crippen LogP contribution in [0.2, 0.25) is 0 Å². The van der Waals surface area contributed by atoms with Gasteiger partial charge < -0.3 is 10.6 Å². The van der Waals surface area contributed by atoms with Gasteiger partial charge in [-0.2, -0.15) is 0 Å². The van der Waals surface area contributed by atoms with Crippen molar-refractivity contribution in [1.29, 1.82) is 0 Å². The van der Waals surface area contributed by atoms with Gasteiger partial charge in [-0.25, -0.2) is 13.6 Å². The zero-order valence-corrected chi connectivity index (χ0v) is 16.2. The van der Waals surface area contributed by atoms with Gasteiger partial charge in [0.05, 0.1) is 23.1 Å². The van der Waals surface area contributed by atoms with Crippen molar-refractivity contribution < 1.29 is 13.6 Å². The van der Waals surface area contributed by atoms with Gasteiger partial charge in [0, 0.05) is 17.0 Å². The van der Waals surface area contributed by atoms with Crippen LogP contribution >= 0.6 is 0 Å². The number of nitrogens with zero attached hydrogens (tertiary/aromatic N) is 1. The zero-order chi connectivity index (χ0) is 21.1. The van der Waals surface area contributed by atoms with Crippen molar-refractivity contribution in [2.45, 2.75) is 13.3 Å². The molecule has 3 aromatic carbocycles. The molecule has 0 aliphatic carbocycles. The second-order valence-electron chi connectivity index (χ2n) is 6.82. The molecule has 4 nitrogen and oxygen atoms in total. The maximum atomic E-state index is 13.9. The maximum absolute atomic E-state index is 13.9. The highest BCUT2D eigenvalue weighted by Gasteiger charge is 2.15. The van der Waals surface area contributed by atoms with E-state index in [0.29, 0.717) is 5.69 Å². The lowest BCUT2D eigenvalue weighted by Gasteiger charge is -2.15. The quantitative estimate of drug-likeness (QED) is 0.415. The number of rotatable bonds is 4. The molecule has 0 aliphatic heterocycles. The summed E-state index contributed by atoms with van der Waals surface area (Å²) < 4.78 is 27.0. The van der Waals surface area contributed by atoms with E-state index in [1.807, 2.05) is 42.5 Å². The van der Waals surface area contributed by atoms with Gasteiger partial charge in [-0.3, -0.25) is 4.98 Å². The summed E-state index contributed by atoms with van der Waals surface area (Å²) in [7, 11) is 0. The van der Waals surface area contributed by atoms with Gasteiger partial charge in [0.2, 0.25) is 0 Å². The first kappa shape index (κ1) is 19.5. The molecule has 0 unspecified atom stereocenters. The van der Waals surface area contributed by atoms with Crippen LogP contribution in [0.3, 0.4) is 0 Å². The average molecular weight is 403 g/mol. The number of carbonyl (C=O) groups excluding carboxylic acids is 1. The molecule has 0 saturated heterocycles. The van der Waals surface area contributed by atoms with Gasteiger partial charge in [-0.05, 0) is 41.8 Å². The van der Waals surface area contributed by atoms with Crippen molar-refractivity contribution >= 4 is 28.3 Å². The normalized spacial score (nSPS) is 10.8. The number of hydrogen-bond acceptors (Lipinski definition) is 2. The minimum atomic E-state index is -0.849. The third-order valence-electron chi connectivity index (χ3n) is 4.83. The molecule has 4 rings (SSSR count). The van der Waals surface area contributed by atoms with Crippen molar-refractivity contribution in [2.75, 3.05) is 10.6 Å². The molecule has 6 heteroatoms. The molecule has 0 saturated carbocycles. The molecular formula is C24H19F2N3O. The number of amides is 2. The van der Waals surface area contributed by atoms with Gasteiger partial charge in [-0.1, -0.05) is 43.3 Å². The smallest absolute Gasteiger partial charge is 0.306 e. The highest BCUT2D eigenvalue weighted by molar-refractivity contribution is 6.07. The summed E-state index contributed by atoms with van der Waals surface area (Å²) in [6, 6.07) is 18.0. The van der Waals surface area contributed by atoms with E-state index in [4.69, 9.17) is 0 Å². The number of hydrogen-bond donors (Lipinski definition) is 2. The number of fused-ring (bicyclic) bond motifs is 1. The Balaban J connectivity index is 1.75. The molecule has 150 valence electrons. The molecular weight excluding hydrogens is 384 g/mol. The van der Waals surface area contributed by atoms with Crippen molar-refractivity contribution in [3.05, 3.63) is 90.1 Å². The van der Waals surface area contributed by atoms with Gasteiger partial charge in [0.15, 0.2) is 0 Å². The zero-order valence-electron chi connectivity index (χ0n) is 16.2. The summed E-state index contributed by atoms with van der Waals surface area (Å²) >= 11 is 0. The molecule has 0 atom stereocenters.